The van der Waals surface area contributed by atoms with E-state index in [9.17, 15) is 8.42 Å². The second kappa shape index (κ2) is 3.28. The van der Waals surface area contributed by atoms with Crippen molar-refractivity contribution in [2.75, 3.05) is 4.72 Å². The lowest BCUT2D eigenvalue weighted by Crippen LogP contribution is -2.04. The molecule has 1 N–H and O–H groups in total. The maximum atomic E-state index is 10.5. The first-order valence-corrected chi connectivity index (χ1v) is 5.43. The number of hydrogen-bond donors (Lipinski definition) is 1. The first-order valence-electron chi connectivity index (χ1n) is 3.12. The number of hydrogen-bond acceptors (Lipinski definition) is 3. The van der Waals surface area contributed by atoms with Crippen LogP contribution in [0.4, 0.5) is 5.69 Å². The fourth-order valence-corrected chi connectivity index (χ4v) is 1.43. The van der Waals surface area contributed by atoms with E-state index >= 15 is 0 Å². The summed E-state index contributed by atoms with van der Waals surface area (Å²) < 4.78 is 23.2. The Hall–Kier alpha value is -0.810. The Morgan fingerprint density at radius 3 is 2.75 bits per heavy atom. The Bertz CT molecular complexity index is 377. The van der Waals surface area contributed by atoms with Gasteiger partial charge in [-0.1, -0.05) is 0 Å². The zero-order valence-electron chi connectivity index (χ0n) is 6.28. The predicted octanol–water partition coefficient (Wildman–Crippen LogP) is 1.29. The molecular formula is C6H7ClN2O2S. The predicted molar refractivity (Wildman–Crippen MR) is 47.4 cm³/mol. The highest BCUT2D eigenvalue weighted by molar-refractivity contribution is 8.14. The second-order valence-corrected chi connectivity index (χ2v) is 4.52. The standard InChI is InChI=1S/C6H7ClN2O2S/c1-5-4-6(2-3-8-5)9-12(7,10)11/h2-4H,1H3,(H,8,9). The highest BCUT2D eigenvalue weighted by Gasteiger charge is 2.03. The quantitative estimate of drug-likeness (QED) is 0.742. The van der Waals surface area contributed by atoms with Gasteiger partial charge in [0, 0.05) is 22.6 Å². The molecule has 0 saturated heterocycles. The molecule has 0 amide bonds. The van der Waals surface area contributed by atoms with Gasteiger partial charge in [0.15, 0.2) is 0 Å². The van der Waals surface area contributed by atoms with E-state index in [4.69, 9.17) is 10.7 Å². The van der Waals surface area contributed by atoms with Crippen molar-refractivity contribution < 1.29 is 8.42 Å². The highest BCUT2D eigenvalue weighted by Crippen LogP contribution is 2.10. The second-order valence-electron chi connectivity index (χ2n) is 2.23. The van der Waals surface area contributed by atoms with Gasteiger partial charge >= 0.3 is 9.24 Å². The van der Waals surface area contributed by atoms with Gasteiger partial charge in [-0.3, -0.25) is 9.71 Å². The zero-order chi connectivity index (χ0) is 9.19. The molecule has 0 spiro atoms. The van der Waals surface area contributed by atoms with E-state index in [0.717, 1.165) is 5.69 Å². The van der Waals surface area contributed by atoms with Crippen LogP contribution in [0, 0.1) is 6.92 Å². The van der Waals surface area contributed by atoms with Crippen LogP contribution in [-0.4, -0.2) is 13.4 Å². The molecule has 0 fully saturated rings. The average molecular weight is 207 g/mol. The van der Waals surface area contributed by atoms with Gasteiger partial charge in [0.2, 0.25) is 0 Å². The molecule has 0 aliphatic rings. The maximum Gasteiger partial charge on any atom is 0.319 e. The van der Waals surface area contributed by atoms with Gasteiger partial charge in [0.25, 0.3) is 0 Å². The Labute approximate surface area is 75.1 Å². The van der Waals surface area contributed by atoms with Gasteiger partial charge in [0.05, 0.1) is 5.69 Å². The Balaban J connectivity index is 2.91. The maximum absolute atomic E-state index is 10.5. The van der Waals surface area contributed by atoms with Crippen molar-refractivity contribution >= 4 is 25.6 Å². The van der Waals surface area contributed by atoms with Crippen LogP contribution in [0.1, 0.15) is 5.69 Å². The molecule has 4 nitrogen and oxygen atoms in total. The van der Waals surface area contributed by atoms with Crippen LogP contribution >= 0.6 is 10.7 Å². The first kappa shape index (κ1) is 9.28. The van der Waals surface area contributed by atoms with Crippen molar-refractivity contribution in [3.63, 3.8) is 0 Å². The number of pyridine rings is 1. The fraction of sp³-hybridized carbons (Fsp3) is 0.167. The summed E-state index contributed by atoms with van der Waals surface area (Å²) in [7, 11) is 1.26. The van der Waals surface area contributed by atoms with E-state index < -0.39 is 9.24 Å². The molecule has 0 saturated carbocycles. The molecule has 0 atom stereocenters. The molecular weight excluding hydrogens is 200 g/mol. The Morgan fingerprint density at radius 2 is 2.25 bits per heavy atom. The highest BCUT2D eigenvalue weighted by atomic mass is 35.7. The summed E-state index contributed by atoms with van der Waals surface area (Å²) in [4.78, 5) is 3.89. The van der Waals surface area contributed by atoms with Crippen LogP contribution in [-0.2, 0) is 9.24 Å². The van der Waals surface area contributed by atoms with Gasteiger partial charge in [-0.15, -0.1) is 0 Å². The smallest absolute Gasteiger partial charge is 0.271 e. The minimum atomic E-state index is -3.70. The summed E-state index contributed by atoms with van der Waals surface area (Å²) in [6.07, 6.45) is 1.50. The fourth-order valence-electron chi connectivity index (χ4n) is 0.750. The topological polar surface area (TPSA) is 59.1 Å². The third-order valence-electron chi connectivity index (χ3n) is 1.14. The van der Waals surface area contributed by atoms with Crippen molar-refractivity contribution in [1.29, 1.82) is 0 Å². The number of aromatic nitrogens is 1. The lowest BCUT2D eigenvalue weighted by molar-refractivity contribution is 0.614. The van der Waals surface area contributed by atoms with Crippen molar-refractivity contribution in [2.45, 2.75) is 6.92 Å². The number of halogens is 1. The SMILES string of the molecule is Cc1cc(NS(=O)(=O)Cl)ccn1. The normalized spacial score (nSPS) is 11.2. The molecule has 66 valence electrons. The summed E-state index contributed by atoms with van der Waals surface area (Å²) in [6, 6.07) is 3.10. The van der Waals surface area contributed by atoms with Crippen LogP contribution in [0.15, 0.2) is 18.3 Å². The summed E-state index contributed by atoms with van der Waals surface area (Å²) in [5.41, 5.74) is 1.14. The van der Waals surface area contributed by atoms with E-state index in [2.05, 4.69) is 9.71 Å². The molecule has 0 aliphatic heterocycles. The summed E-state index contributed by atoms with van der Waals surface area (Å²) in [5.74, 6) is 0. The summed E-state index contributed by atoms with van der Waals surface area (Å²) >= 11 is 0. The Morgan fingerprint density at radius 1 is 1.58 bits per heavy atom. The van der Waals surface area contributed by atoms with Gasteiger partial charge in [0.1, 0.15) is 0 Å². The number of aryl methyl sites for hydroxylation is 1. The van der Waals surface area contributed by atoms with Crippen molar-refractivity contribution in [3.05, 3.63) is 24.0 Å². The average Bonchev–Trinajstić information content (AvgIpc) is 1.82. The van der Waals surface area contributed by atoms with Crippen LogP contribution in [0.25, 0.3) is 0 Å². The molecule has 1 rings (SSSR count). The van der Waals surface area contributed by atoms with E-state index in [0.29, 0.717) is 5.69 Å². The largest absolute Gasteiger partial charge is 0.319 e. The van der Waals surface area contributed by atoms with Gasteiger partial charge < -0.3 is 0 Å². The lowest BCUT2D eigenvalue weighted by Gasteiger charge is -2.01. The molecule has 0 unspecified atom stereocenters. The van der Waals surface area contributed by atoms with Gasteiger partial charge in [-0.2, -0.15) is 8.42 Å². The van der Waals surface area contributed by atoms with Crippen molar-refractivity contribution in [1.82, 2.24) is 4.98 Å². The summed E-state index contributed by atoms with van der Waals surface area (Å²) in [6.45, 7) is 1.76. The van der Waals surface area contributed by atoms with Crippen LogP contribution in [0.3, 0.4) is 0 Å². The third kappa shape index (κ3) is 3.06. The molecule has 0 radical (unpaired) electrons. The van der Waals surface area contributed by atoms with Gasteiger partial charge in [-0.05, 0) is 19.1 Å². The molecule has 1 aromatic heterocycles. The lowest BCUT2D eigenvalue weighted by atomic mass is 10.3. The molecule has 12 heavy (non-hydrogen) atoms. The molecule has 1 heterocycles. The van der Waals surface area contributed by atoms with E-state index in [1.165, 1.54) is 12.3 Å². The number of nitrogens with one attached hydrogen (secondary N) is 1. The number of nitrogens with zero attached hydrogens (tertiary/aromatic N) is 1. The number of anilines is 1. The minimum Gasteiger partial charge on any atom is -0.271 e. The van der Waals surface area contributed by atoms with Crippen LogP contribution in [0.5, 0.6) is 0 Å². The zero-order valence-corrected chi connectivity index (χ0v) is 7.85. The molecule has 0 aromatic carbocycles. The molecule has 0 bridgehead atoms. The molecule has 1 aromatic rings. The van der Waals surface area contributed by atoms with Gasteiger partial charge in [-0.25, -0.2) is 0 Å². The van der Waals surface area contributed by atoms with E-state index in [1.807, 2.05) is 0 Å². The summed E-state index contributed by atoms with van der Waals surface area (Å²) in [5, 5.41) is 0. The molecule has 6 heteroatoms. The van der Waals surface area contributed by atoms with Crippen LogP contribution in [0.2, 0.25) is 0 Å². The number of rotatable bonds is 2. The van der Waals surface area contributed by atoms with Crippen molar-refractivity contribution in [2.24, 2.45) is 0 Å². The molecule has 0 aliphatic carbocycles. The minimum absolute atomic E-state index is 0.414. The van der Waals surface area contributed by atoms with E-state index in [1.54, 1.807) is 13.0 Å². The Kier molecular flexibility index (Phi) is 2.54. The van der Waals surface area contributed by atoms with Crippen LogP contribution < -0.4 is 4.72 Å². The third-order valence-corrected chi connectivity index (χ3v) is 1.85. The van der Waals surface area contributed by atoms with Crippen molar-refractivity contribution in [3.8, 4) is 0 Å². The first-order chi connectivity index (χ1) is 5.47. The van der Waals surface area contributed by atoms with E-state index in [-0.39, 0.29) is 0 Å². The monoisotopic (exact) mass is 206 g/mol.